The van der Waals surface area contributed by atoms with Gasteiger partial charge in [0.15, 0.2) is 0 Å². The van der Waals surface area contributed by atoms with Gasteiger partial charge in [-0.2, -0.15) is 0 Å². The second kappa shape index (κ2) is 6.17. The highest BCUT2D eigenvalue weighted by Gasteiger charge is 2.06. The van der Waals surface area contributed by atoms with Crippen LogP contribution in [0.3, 0.4) is 0 Å². The highest BCUT2D eigenvalue weighted by atomic mass is 79.9. The number of benzene rings is 2. The fraction of sp³-hybridized carbons (Fsp3) is 0.125. The summed E-state index contributed by atoms with van der Waals surface area (Å²) in [7, 11) is 0. The first-order chi connectivity index (χ1) is 9.78. The van der Waals surface area contributed by atoms with Gasteiger partial charge in [-0.15, -0.1) is 22.9 Å². The standard InChI is InChI=1S/C16H12BrClOS/c17-14-7-11(8-18)5-6-15(14)19-9-12-10-20-16-4-2-1-3-13(12)16/h1-7,10H,8-9H2. The average molecular weight is 368 g/mol. The van der Waals surface area contributed by atoms with Gasteiger partial charge in [0.2, 0.25) is 0 Å². The molecule has 1 nitrogen and oxygen atoms in total. The Balaban J connectivity index is 1.79. The molecule has 0 radical (unpaired) electrons. The van der Waals surface area contributed by atoms with E-state index in [0.717, 1.165) is 15.8 Å². The Labute approximate surface area is 135 Å². The topological polar surface area (TPSA) is 9.23 Å². The lowest BCUT2D eigenvalue weighted by molar-refractivity contribution is 0.306. The normalized spacial score (nSPS) is 10.9. The van der Waals surface area contributed by atoms with Gasteiger partial charge < -0.3 is 4.74 Å². The summed E-state index contributed by atoms with van der Waals surface area (Å²) in [4.78, 5) is 0. The molecule has 3 rings (SSSR count). The van der Waals surface area contributed by atoms with Crippen LogP contribution in [0, 0.1) is 0 Å². The van der Waals surface area contributed by atoms with Crippen molar-refractivity contribution in [2.45, 2.75) is 12.5 Å². The third kappa shape index (κ3) is 2.85. The van der Waals surface area contributed by atoms with Crippen LogP contribution in [0.25, 0.3) is 10.1 Å². The summed E-state index contributed by atoms with van der Waals surface area (Å²) in [6, 6.07) is 14.3. The van der Waals surface area contributed by atoms with E-state index in [2.05, 4.69) is 45.6 Å². The number of hydrogen-bond acceptors (Lipinski definition) is 2. The number of fused-ring (bicyclic) bond motifs is 1. The van der Waals surface area contributed by atoms with Gasteiger partial charge >= 0.3 is 0 Å². The Kier molecular flexibility index (Phi) is 4.29. The number of ether oxygens (including phenoxy) is 1. The van der Waals surface area contributed by atoms with E-state index < -0.39 is 0 Å². The van der Waals surface area contributed by atoms with E-state index in [9.17, 15) is 0 Å². The van der Waals surface area contributed by atoms with Crippen LogP contribution in [0.15, 0.2) is 52.3 Å². The fourth-order valence-corrected chi connectivity index (χ4v) is 3.70. The van der Waals surface area contributed by atoms with Gasteiger partial charge in [-0.05, 0) is 50.5 Å². The molecule has 2 aromatic carbocycles. The minimum absolute atomic E-state index is 0.508. The van der Waals surface area contributed by atoms with Gasteiger partial charge in [0.1, 0.15) is 12.4 Å². The molecule has 0 aliphatic rings. The number of hydrogen-bond donors (Lipinski definition) is 0. The summed E-state index contributed by atoms with van der Waals surface area (Å²) in [5.74, 6) is 1.35. The molecule has 1 heterocycles. The number of thiophene rings is 1. The lowest BCUT2D eigenvalue weighted by Crippen LogP contribution is -1.95. The van der Waals surface area contributed by atoms with Crippen LogP contribution in [-0.4, -0.2) is 0 Å². The number of alkyl halides is 1. The molecular formula is C16H12BrClOS. The zero-order valence-electron chi connectivity index (χ0n) is 10.6. The van der Waals surface area contributed by atoms with Crippen molar-refractivity contribution in [1.29, 1.82) is 0 Å². The predicted octanol–water partition coefficient (Wildman–Crippen LogP) is 5.98. The molecule has 3 aromatic rings. The molecule has 0 bridgehead atoms. The fourth-order valence-electron chi connectivity index (χ4n) is 2.04. The first kappa shape index (κ1) is 13.9. The zero-order valence-corrected chi connectivity index (χ0v) is 13.8. The Bertz CT molecular complexity index is 738. The second-order valence-corrected chi connectivity index (χ2v) is 6.48. The first-order valence-electron chi connectivity index (χ1n) is 6.20. The summed E-state index contributed by atoms with van der Waals surface area (Å²) in [6.45, 7) is 0.572. The summed E-state index contributed by atoms with van der Waals surface area (Å²) in [6.07, 6.45) is 0. The Morgan fingerprint density at radius 3 is 2.80 bits per heavy atom. The van der Waals surface area contributed by atoms with Crippen molar-refractivity contribution in [2.75, 3.05) is 0 Å². The lowest BCUT2D eigenvalue weighted by Gasteiger charge is -2.08. The van der Waals surface area contributed by atoms with Gasteiger partial charge in [-0.1, -0.05) is 24.3 Å². The van der Waals surface area contributed by atoms with Crippen LogP contribution in [0.1, 0.15) is 11.1 Å². The molecule has 0 saturated carbocycles. The van der Waals surface area contributed by atoms with Crippen LogP contribution in [-0.2, 0) is 12.5 Å². The maximum atomic E-state index is 5.91. The Morgan fingerprint density at radius 2 is 2.00 bits per heavy atom. The van der Waals surface area contributed by atoms with Gasteiger partial charge in [-0.3, -0.25) is 0 Å². The van der Waals surface area contributed by atoms with E-state index in [4.69, 9.17) is 16.3 Å². The van der Waals surface area contributed by atoms with Gasteiger partial charge in [0.05, 0.1) is 4.47 Å². The quantitative estimate of drug-likeness (QED) is 0.515. The number of rotatable bonds is 4. The summed E-state index contributed by atoms with van der Waals surface area (Å²) in [5, 5.41) is 3.43. The molecule has 0 amide bonds. The highest BCUT2D eigenvalue weighted by Crippen LogP contribution is 2.30. The molecular weight excluding hydrogens is 356 g/mol. The van der Waals surface area contributed by atoms with Gasteiger partial charge in [0.25, 0.3) is 0 Å². The molecule has 0 saturated heterocycles. The molecule has 20 heavy (non-hydrogen) atoms. The molecule has 102 valence electrons. The monoisotopic (exact) mass is 366 g/mol. The van der Waals surface area contributed by atoms with Crippen molar-refractivity contribution in [2.24, 2.45) is 0 Å². The third-order valence-electron chi connectivity index (χ3n) is 3.09. The zero-order chi connectivity index (χ0) is 13.9. The van der Waals surface area contributed by atoms with Gasteiger partial charge in [0, 0.05) is 16.1 Å². The van der Waals surface area contributed by atoms with E-state index in [1.807, 2.05) is 18.2 Å². The van der Waals surface area contributed by atoms with Crippen LogP contribution in [0.4, 0.5) is 0 Å². The second-order valence-electron chi connectivity index (χ2n) is 4.44. The predicted molar refractivity (Wildman–Crippen MR) is 89.9 cm³/mol. The van der Waals surface area contributed by atoms with Crippen molar-refractivity contribution in [1.82, 2.24) is 0 Å². The van der Waals surface area contributed by atoms with E-state index in [1.54, 1.807) is 11.3 Å². The van der Waals surface area contributed by atoms with E-state index in [1.165, 1.54) is 15.6 Å². The molecule has 1 aromatic heterocycles. The SMILES string of the molecule is ClCc1ccc(OCc2csc3ccccc23)c(Br)c1. The summed E-state index contributed by atoms with van der Waals surface area (Å²) >= 11 is 11.1. The van der Waals surface area contributed by atoms with Crippen molar-refractivity contribution in [3.63, 3.8) is 0 Å². The minimum Gasteiger partial charge on any atom is -0.488 e. The van der Waals surface area contributed by atoms with Crippen LogP contribution in [0.5, 0.6) is 5.75 Å². The third-order valence-corrected chi connectivity index (χ3v) is 5.04. The largest absolute Gasteiger partial charge is 0.488 e. The molecule has 0 aliphatic heterocycles. The van der Waals surface area contributed by atoms with Crippen LogP contribution >= 0.6 is 38.9 Å². The maximum absolute atomic E-state index is 5.91. The van der Waals surface area contributed by atoms with Gasteiger partial charge in [-0.25, -0.2) is 0 Å². The molecule has 0 atom stereocenters. The number of halogens is 2. The van der Waals surface area contributed by atoms with Crippen molar-refractivity contribution in [3.05, 3.63) is 63.4 Å². The lowest BCUT2D eigenvalue weighted by atomic mass is 10.2. The van der Waals surface area contributed by atoms with Crippen molar-refractivity contribution < 1.29 is 4.74 Å². The van der Waals surface area contributed by atoms with Crippen molar-refractivity contribution >= 4 is 49.0 Å². The maximum Gasteiger partial charge on any atom is 0.134 e. The Hall–Kier alpha value is -1.03. The van der Waals surface area contributed by atoms with E-state index >= 15 is 0 Å². The molecule has 4 heteroatoms. The smallest absolute Gasteiger partial charge is 0.134 e. The van der Waals surface area contributed by atoms with Crippen LogP contribution in [0.2, 0.25) is 0 Å². The summed E-state index contributed by atoms with van der Waals surface area (Å²) in [5.41, 5.74) is 2.30. The first-order valence-corrected chi connectivity index (χ1v) is 8.41. The van der Waals surface area contributed by atoms with Crippen molar-refractivity contribution in [3.8, 4) is 5.75 Å². The summed E-state index contributed by atoms with van der Waals surface area (Å²) < 4.78 is 8.14. The molecule has 0 fully saturated rings. The molecule has 0 spiro atoms. The van der Waals surface area contributed by atoms with Crippen LogP contribution < -0.4 is 4.74 Å². The molecule has 0 aliphatic carbocycles. The highest BCUT2D eigenvalue weighted by molar-refractivity contribution is 9.10. The Morgan fingerprint density at radius 1 is 1.15 bits per heavy atom. The molecule has 0 N–H and O–H groups in total. The minimum atomic E-state index is 0.508. The van der Waals surface area contributed by atoms with E-state index in [-0.39, 0.29) is 0 Å². The van der Waals surface area contributed by atoms with E-state index in [0.29, 0.717) is 12.5 Å². The molecule has 0 unspecified atom stereocenters. The average Bonchev–Trinajstić information content (AvgIpc) is 2.89.